The Hall–Kier alpha value is -1.37. The van der Waals surface area contributed by atoms with Crippen LogP contribution in [0.1, 0.15) is 50.8 Å². The first-order valence-electron chi connectivity index (χ1n) is 7.80. The summed E-state index contributed by atoms with van der Waals surface area (Å²) >= 11 is 0. The summed E-state index contributed by atoms with van der Waals surface area (Å²) in [6.07, 6.45) is 1.96. The number of hydrogen-bond acceptors (Lipinski definition) is 3. The Labute approximate surface area is 128 Å². The molecule has 0 aromatic heterocycles. The summed E-state index contributed by atoms with van der Waals surface area (Å²) in [6, 6.07) is 9.34. The van der Waals surface area contributed by atoms with Crippen LogP contribution in [0.3, 0.4) is 0 Å². The number of aliphatic hydroxyl groups excluding tert-OH is 1. The van der Waals surface area contributed by atoms with Gasteiger partial charge in [0.25, 0.3) is 0 Å². The zero-order chi connectivity index (χ0) is 15.5. The van der Waals surface area contributed by atoms with E-state index in [9.17, 15) is 5.11 Å². The molecule has 1 aromatic carbocycles. The van der Waals surface area contributed by atoms with E-state index in [1.807, 2.05) is 12.1 Å². The molecular formula is C18H26N2O. The van der Waals surface area contributed by atoms with E-state index in [1.165, 1.54) is 12.8 Å². The maximum Gasteiger partial charge on any atom is 0.0991 e. The van der Waals surface area contributed by atoms with Crippen LogP contribution in [0, 0.1) is 22.7 Å². The zero-order valence-corrected chi connectivity index (χ0v) is 13.3. The molecule has 0 spiro atoms. The summed E-state index contributed by atoms with van der Waals surface area (Å²) in [4.78, 5) is 2.35. The van der Waals surface area contributed by atoms with Crippen molar-refractivity contribution in [2.24, 2.45) is 11.3 Å². The smallest absolute Gasteiger partial charge is 0.0991 e. The van der Waals surface area contributed by atoms with Crippen LogP contribution in [0.25, 0.3) is 0 Å². The highest BCUT2D eigenvalue weighted by atomic mass is 16.3. The van der Waals surface area contributed by atoms with Crippen molar-refractivity contribution < 1.29 is 5.11 Å². The highest BCUT2D eigenvalue weighted by molar-refractivity contribution is 5.32. The van der Waals surface area contributed by atoms with E-state index >= 15 is 0 Å². The average Bonchev–Trinajstić information content (AvgIpc) is 2.47. The van der Waals surface area contributed by atoms with Gasteiger partial charge in [0.1, 0.15) is 0 Å². The first-order valence-corrected chi connectivity index (χ1v) is 7.80. The summed E-state index contributed by atoms with van der Waals surface area (Å²) in [7, 11) is 0. The second-order valence-corrected chi connectivity index (χ2v) is 7.19. The van der Waals surface area contributed by atoms with E-state index in [0.717, 1.165) is 24.6 Å². The van der Waals surface area contributed by atoms with E-state index in [4.69, 9.17) is 5.26 Å². The molecule has 1 aliphatic heterocycles. The molecule has 1 aliphatic rings. The van der Waals surface area contributed by atoms with E-state index in [0.29, 0.717) is 17.5 Å². The molecular weight excluding hydrogens is 260 g/mol. The van der Waals surface area contributed by atoms with Gasteiger partial charge in [0.05, 0.1) is 17.7 Å². The van der Waals surface area contributed by atoms with Crippen molar-refractivity contribution in [2.45, 2.75) is 39.7 Å². The van der Waals surface area contributed by atoms with Crippen molar-refractivity contribution in [1.82, 2.24) is 4.90 Å². The van der Waals surface area contributed by atoms with Crippen molar-refractivity contribution in [3.63, 3.8) is 0 Å². The van der Waals surface area contributed by atoms with Gasteiger partial charge in [0, 0.05) is 6.54 Å². The number of benzene rings is 1. The number of nitrogens with zero attached hydrogens (tertiary/aromatic N) is 2. The molecule has 1 aromatic rings. The quantitative estimate of drug-likeness (QED) is 0.927. The van der Waals surface area contributed by atoms with Gasteiger partial charge >= 0.3 is 0 Å². The highest BCUT2D eigenvalue weighted by Gasteiger charge is 2.29. The lowest BCUT2D eigenvalue weighted by molar-refractivity contribution is 0.0653. The fourth-order valence-corrected chi connectivity index (χ4v) is 3.11. The third-order valence-electron chi connectivity index (χ3n) is 4.67. The molecule has 2 rings (SSSR count). The SMILES string of the molecule is CC(C)(C)C1CCN(CC(O)c2ccc(C#N)cc2)CC1. The summed E-state index contributed by atoms with van der Waals surface area (Å²) in [5, 5.41) is 19.1. The van der Waals surface area contributed by atoms with Crippen molar-refractivity contribution in [3.8, 4) is 6.07 Å². The van der Waals surface area contributed by atoms with Gasteiger partial charge in [-0.3, -0.25) is 0 Å². The van der Waals surface area contributed by atoms with E-state index in [2.05, 4.69) is 31.7 Å². The Balaban J connectivity index is 1.86. The largest absolute Gasteiger partial charge is 0.387 e. The summed E-state index contributed by atoms with van der Waals surface area (Å²) in [5.74, 6) is 0.779. The number of piperidine rings is 1. The minimum Gasteiger partial charge on any atom is -0.387 e. The molecule has 0 aliphatic carbocycles. The molecule has 0 radical (unpaired) electrons. The topological polar surface area (TPSA) is 47.3 Å². The van der Waals surface area contributed by atoms with Crippen LogP contribution in [0.4, 0.5) is 0 Å². The van der Waals surface area contributed by atoms with E-state index in [1.54, 1.807) is 12.1 Å². The Morgan fingerprint density at radius 3 is 2.29 bits per heavy atom. The van der Waals surface area contributed by atoms with Crippen LogP contribution in [-0.2, 0) is 0 Å². The minimum atomic E-state index is -0.469. The van der Waals surface area contributed by atoms with Crippen LogP contribution >= 0.6 is 0 Å². The molecule has 114 valence electrons. The number of hydrogen-bond donors (Lipinski definition) is 1. The van der Waals surface area contributed by atoms with Gasteiger partial charge in [-0.05, 0) is 55.0 Å². The Morgan fingerprint density at radius 2 is 1.81 bits per heavy atom. The molecule has 0 bridgehead atoms. The summed E-state index contributed by atoms with van der Waals surface area (Å²) in [5.41, 5.74) is 1.92. The normalized spacial score (nSPS) is 19.2. The van der Waals surface area contributed by atoms with Crippen molar-refractivity contribution in [2.75, 3.05) is 19.6 Å². The van der Waals surface area contributed by atoms with Gasteiger partial charge in [-0.1, -0.05) is 32.9 Å². The van der Waals surface area contributed by atoms with Crippen molar-refractivity contribution in [3.05, 3.63) is 35.4 Å². The molecule has 1 atom stereocenters. The number of aliphatic hydroxyl groups is 1. The second kappa shape index (κ2) is 6.60. The van der Waals surface area contributed by atoms with Crippen LogP contribution in [0.15, 0.2) is 24.3 Å². The second-order valence-electron chi connectivity index (χ2n) is 7.19. The molecule has 1 N–H and O–H groups in total. The molecule has 3 nitrogen and oxygen atoms in total. The monoisotopic (exact) mass is 286 g/mol. The van der Waals surface area contributed by atoms with Crippen LogP contribution < -0.4 is 0 Å². The van der Waals surface area contributed by atoms with E-state index < -0.39 is 6.10 Å². The first-order chi connectivity index (χ1) is 9.90. The average molecular weight is 286 g/mol. The maximum atomic E-state index is 10.3. The lowest BCUT2D eigenvalue weighted by atomic mass is 9.75. The van der Waals surface area contributed by atoms with Gasteiger partial charge in [-0.25, -0.2) is 0 Å². The fraction of sp³-hybridized carbons (Fsp3) is 0.611. The number of nitriles is 1. The third-order valence-corrected chi connectivity index (χ3v) is 4.67. The van der Waals surface area contributed by atoms with Gasteiger partial charge in [-0.15, -0.1) is 0 Å². The lowest BCUT2D eigenvalue weighted by Crippen LogP contribution is -2.39. The highest BCUT2D eigenvalue weighted by Crippen LogP contribution is 2.34. The Kier molecular flexibility index (Phi) is 5.03. The van der Waals surface area contributed by atoms with Gasteiger partial charge < -0.3 is 10.0 Å². The van der Waals surface area contributed by atoms with Crippen LogP contribution in [-0.4, -0.2) is 29.6 Å². The van der Waals surface area contributed by atoms with Gasteiger partial charge in [0.15, 0.2) is 0 Å². The van der Waals surface area contributed by atoms with Gasteiger partial charge in [-0.2, -0.15) is 5.26 Å². The molecule has 1 fully saturated rings. The number of β-amino-alcohol motifs (C(OH)–C–C–N with tert-alkyl or cyclic N) is 1. The number of rotatable bonds is 3. The maximum absolute atomic E-state index is 10.3. The van der Waals surface area contributed by atoms with Crippen LogP contribution in [0.2, 0.25) is 0 Å². The lowest BCUT2D eigenvalue weighted by Gasteiger charge is -2.39. The van der Waals surface area contributed by atoms with Crippen LogP contribution in [0.5, 0.6) is 0 Å². The third kappa shape index (κ3) is 4.30. The van der Waals surface area contributed by atoms with E-state index in [-0.39, 0.29) is 0 Å². The first kappa shape index (κ1) is 16.0. The standard InChI is InChI=1S/C18H26N2O/c1-18(2,3)16-8-10-20(11-9-16)13-17(21)15-6-4-14(12-19)5-7-15/h4-7,16-17,21H,8-11,13H2,1-3H3. The zero-order valence-electron chi connectivity index (χ0n) is 13.3. The Bertz CT molecular complexity index is 487. The predicted molar refractivity (Wildman–Crippen MR) is 84.7 cm³/mol. The van der Waals surface area contributed by atoms with Crippen molar-refractivity contribution in [1.29, 1.82) is 5.26 Å². The predicted octanol–water partition coefficient (Wildman–Crippen LogP) is 3.35. The minimum absolute atomic E-state index is 0.387. The van der Waals surface area contributed by atoms with Gasteiger partial charge in [0.2, 0.25) is 0 Å². The summed E-state index contributed by atoms with van der Waals surface area (Å²) in [6.45, 7) is 9.77. The van der Waals surface area contributed by atoms with Crippen molar-refractivity contribution >= 4 is 0 Å². The molecule has 3 heteroatoms. The fourth-order valence-electron chi connectivity index (χ4n) is 3.11. The molecule has 1 heterocycles. The number of likely N-dealkylation sites (tertiary alicyclic amines) is 1. The Morgan fingerprint density at radius 1 is 1.24 bits per heavy atom. The molecule has 1 unspecified atom stereocenters. The molecule has 0 amide bonds. The summed E-state index contributed by atoms with van der Waals surface area (Å²) < 4.78 is 0. The molecule has 21 heavy (non-hydrogen) atoms. The molecule has 0 saturated carbocycles. The molecule has 1 saturated heterocycles.